The van der Waals surface area contributed by atoms with Gasteiger partial charge in [0.05, 0.1) is 38.1 Å². The molecule has 6 N–H and O–H groups in total. The highest BCUT2D eigenvalue weighted by Crippen LogP contribution is 2.46. The van der Waals surface area contributed by atoms with Gasteiger partial charge in [0.1, 0.15) is 0 Å². The number of carboxylic acid groups (broad SMARTS) is 1. The van der Waals surface area contributed by atoms with Gasteiger partial charge in [-0.05, 0) is 25.0 Å². The number of carbonyl (C=O) groups is 1. The van der Waals surface area contributed by atoms with Crippen molar-refractivity contribution in [3.63, 3.8) is 0 Å². The molecule has 0 aliphatic heterocycles. The number of rotatable bonds is 5. The minimum atomic E-state index is -1.08. The molecule has 1 aromatic carbocycles. The second-order valence-electron chi connectivity index (χ2n) is 6.28. The maximum Gasteiger partial charge on any atom is 0.335 e. The van der Waals surface area contributed by atoms with Crippen LogP contribution in [0, 0.1) is 10.8 Å². The molecule has 0 heterocycles. The van der Waals surface area contributed by atoms with E-state index >= 15 is 0 Å². The second kappa shape index (κ2) is 9.10. The standard InChI is InChI=1S/C10H20O5.C7H6O2/c11-4-9(5-12)2-1-3-10(6-13,7-14)8(9)15;8-7(9)6-4-2-1-3-5-6/h8,11-15H,1-7H2;1-5H,(H,8,9). The molecule has 1 saturated carbocycles. The van der Waals surface area contributed by atoms with E-state index < -0.39 is 22.9 Å². The largest absolute Gasteiger partial charge is 0.478 e. The molecule has 0 radical (unpaired) electrons. The monoisotopic (exact) mass is 342 g/mol. The predicted octanol–water partition coefficient (Wildman–Crippen LogP) is -0.142. The summed E-state index contributed by atoms with van der Waals surface area (Å²) in [7, 11) is 0. The van der Waals surface area contributed by atoms with E-state index in [1.54, 1.807) is 30.3 Å². The van der Waals surface area contributed by atoms with E-state index in [2.05, 4.69) is 0 Å². The van der Waals surface area contributed by atoms with E-state index in [4.69, 9.17) is 5.11 Å². The van der Waals surface area contributed by atoms with Gasteiger partial charge in [0.25, 0.3) is 0 Å². The summed E-state index contributed by atoms with van der Waals surface area (Å²) < 4.78 is 0. The Bertz CT molecular complexity index is 475. The maximum absolute atomic E-state index is 10.2. The van der Waals surface area contributed by atoms with Crippen molar-refractivity contribution in [2.75, 3.05) is 26.4 Å². The molecule has 1 aromatic rings. The first kappa shape index (κ1) is 20.5. The SMILES string of the molecule is O=C(O)c1ccccc1.OCC1(CO)CCCC(CO)(CO)C1O. The minimum absolute atomic E-state index is 0.331. The van der Waals surface area contributed by atoms with Crippen molar-refractivity contribution in [3.05, 3.63) is 35.9 Å². The maximum atomic E-state index is 10.2. The van der Waals surface area contributed by atoms with E-state index in [9.17, 15) is 30.3 Å². The van der Waals surface area contributed by atoms with Crippen molar-refractivity contribution in [1.82, 2.24) is 0 Å². The zero-order chi connectivity index (χ0) is 18.2. The summed E-state index contributed by atoms with van der Waals surface area (Å²) in [5.74, 6) is -0.879. The Kier molecular flexibility index (Phi) is 7.78. The zero-order valence-electron chi connectivity index (χ0n) is 13.5. The molecule has 0 bridgehead atoms. The van der Waals surface area contributed by atoms with Crippen molar-refractivity contribution in [2.24, 2.45) is 10.8 Å². The van der Waals surface area contributed by atoms with Crippen molar-refractivity contribution in [3.8, 4) is 0 Å². The van der Waals surface area contributed by atoms with Crippen LogP contribution < -0.4 is 0 Å². The molecule has 7 nitrogen and oxygen atoms in total. The first-order chi connectivity index (χ1) is 11.4. The number of carboxylic acids is 1. The molecular weight excluding hydrogens is 316 g/mol. The van der Waals surface area contributed by atoms with Gasteiger partial charge in [-0.1, -0.05) is 24.6 Å². The number of hydrogen-bond acceptors (Lipinski definition) is 6. The first-order valence-corrected chi connectivity index (χ1v) is 7.81. The summed E-state index contributed by atoms with van der Waals surface area (Å²) >= 11 is 0. The Morgan fingerprint density at radius 1 is 0.917 bits per heavy atom. The van der Waals surface area contributed by atoms with Gasteiger partial charge in [-0.2, -0.15) is 0 Å². The van der Waals surface area contributed by atoms with Crippen molar-refractivity contribution in [1.29, 1.82) is 0 Å². The highest BCUT2D eigenvalue weighted by molar-refractivity contribution is 5.87. The zero-order valence-corrected chi connectivity index (χ0v) is 13.5. The Hall–Kier alpha value is -1.51. The van der Waals surface area contributed by atoms with E-state index in [0.29, 0.717) is 24.8 Å². The lowest BCUT2D eigenvalue weighted by Crippen LogP contribution is -2.57. The van der Waals surface area contributed by atoms with E-state index in [1.807, 2.05) is 0 Å². The minimum Gasteiger partial charge on any atom is -0.478 e. The van der Waals surface area contributed by atoms with E-state index in [1.165, 1.54) is 0 Å². The Morgan fingerprint density at radius 3 is 1.62 bits per heavy atom. The number of aliphatic hydroxyl groups excluding tert-OH is 5. The van der Waals surface area contributed by atoms with E-state index in [-0.39, 0.29) is 26.4 Å². The van der Waals surface area contributed by atoms with Gasteiger partial charge in [-0.15, -0.1) is 0 Å². The van der Waals surface area contributed by atoms with Gasteiger partial charge in [0, 0.05) is 10.8 Å². The highest BCUT2D eigenvalue weighted by atomic mass is 16.4. The summed E-state index contributed by atoms with van der Waals surface area (Å²) in [5, 5.41) is 55.5. The summed E-state index contributed by atoms with van der Waals surface area (Å²) in [6.45, 7) is -1.36. The molecule has 1 fully saturated rings. The average Bonchev–Trinajstić information content (AvgIpc) is 2.64. The fraction of sp³-hybridized carbons (Fsp3) is 0.588. The molecule has 2 rings (SSSR count). The molecule has 0 saturated heterocycles. The molecule has 0 amide bonds. The Labute approximate surface area is 140 Å². The van der Waals surface area contributed by atoms with Gasteiger partial charge >= 0.3 is 5.97 Å². The van der Waals surface area contributed by atoms with Crippen LogP contribution in [0.15, 0.2) is 30.3 Å². The van der Waals surface area contributed by atoms with Crippen LogP contribution in [0.2, 0.25) is 0 Å². The molecule has 0 spiro atoms. The van der Waals surface area contributed by atoms with Crippen LogP contribution in [-0.4, -0.2) is 69.1 Å². The molecule has 1 aliphatic carbocycles. The van der Waals surface area contributed by atoms with Gasteiger partial charge in [0.15, 0.2) is 0 Å². The van der Waals surface area contributed by atoms with Gasteiger partial charge in [0.2, 0.25) is 0 Å². The van der Waals surface area contributed by atoms with Crippen LogP contribution >= 0.6 is 0 Å². The van der Waals surface area contributed by atoms with Gasteiger partial charge in [-0.25, -0.2) is 4.79 Å². The third kappa shape index (κ3) is 4.31. The van der Waals surface area contributed by atoms with Gasteiger partial charge < -0.3 is 30.6 Å². The van der Waals surface area contributed by atoms with Crippen LogP contribution in [0.25, 0.3) is 0 Å². The normalized spacial score (nSPS) is 19.2. The Balaban J connectivity index is 0.000000272. The molecule has 7 heteroatoms. The third-order valence-corrected chi connectivity index (χ3v) is 4.79. The quantitative estimate of drug-likeness (QED) is 0.438. The highest BCUT2D eigenvalue weighted by Gasteiger charge is 2.52. The molecule has 136 valence electrons. The van der Waals surface area contributed by atoms with Crippen molar-refractivity contribution < 1.29 is 35.4 Å². The predicted molar refractivity (Wildman–Crippen MR) is 86.5 cm³/mol. The van der Waals surface area contributed by atoms with Crippen LogP contribution in [-0.2, 0) is 0 Å². The molecular formula is C17H26O7. The average molecular weight is 342 g/mol. The topological polar surface area (TPSA) is 138 Å². The summed E-state index contributed by atoms with van der Waals surface area (Å²) in [6, 6.07) is 8.30. The molecule has 24 heavy (non-hydrogen) atoms. The van der Waals surface area contributed by atoms with Crippen molar-refractivity contribution >= 4 is 5.97 Å². The lowest BCUT2D eigenvalue weighted by molar-refractivity contribution is -0.173. The fourth-order valence-corrected chi connectivity index (χ4v) is 3.06. The number of aromatic carboxylic acids is 1. The number of aliphatic hydroxyl groups is 5. The first-order valence-electron chi connectivity index (χ1n) is 7.81. The lowest BCUT2D eigenvalue weighted by Gasteiger charge is -2.49. The molecule has 0 atom stereocenters. The van der Waals surface area contributed by atoms with Gasteiger partial charge in [-0.3, -0.25) is 0 Å². The fourth-order valence-electron chi connectivity index (χ4n) is 3.06. The van der Waals surface area contributed by atoms with E-state index in [0.717, 1.165) is 0 Å². The Morgan fingerprint density at radius 2 is 1.33 bits per heavy atom. The number of benzene rings is 1. The molecule has 1 aliphatic rings. The lowest BCUT2D eigenvalue weighted by atomic mass is 9.60. The third-order valence-electron chi connectivity index (χ3n) is 4.79. The summed E-state index contributed by atoms with van der Waals surface area (Å²) in [4.78, 5) is 10.2. The second-order valence-corrected chi connectivity index (χ2v) is 6.28. The van der Waals surface area contributed by atoms with Crippen molar-refractivity contribution in [2.45, 2.75) is 25.4 Å². The van der Waals surface area contributed by atoms with Crippen LogP contribution in [0.5, 0.6) is 0 Å². The smallest absolute Gasteiger partial charge is 0.335 e. The summed E-state index contributed by atoms with van der Waals surface area (Å²) in [5.41, 5.74) is -1.66. The van der Waals surface area contributed by atoms with Crippen LogP contribution in [0.4, 0.5) is 0 Å². The molecule has 0 aromatic heterocycles. The summed E-state index contributed by atoms with van der Waals surface area (Å²) in [6.07, 6.45) is 0.592. The van der Waals surface area contributed by atoms with Crippen LogP contribution in [0.1, 0.15) is 29.6 Å². The number of hydrogen-bond donors (Lipinski definition) is 6. The van der Waals surface area contributed by atoms with Crippen LogP contribution in [0.3, 0.4) is 0 Å². The molecule has 0 unspecified atom stereocenters.